The number of aromatic nitrogens is 1. The molecule has 2 aliphatic carbocycles. The monoisotopic (exact) mass is 780 g/mol. The first-order valence-electron chi connectivity index (χ1n) is 19.7. The lowest BCUT2D eigenvalue weighted by Crippen LogP contribution is -2.53. The van der Waals surface area contributed by atoms with Gasteiger partial charge in [0, 0.05) is 93.2 Å². The molecule has 2 saturated heterocycles. The van der Waals surface area contributed by atoms with E-state index in [4.69, 9.17) is 15.9 Å². The average molecular weight is 781 g/mol. The van der Waals surface area contributed by atoms with Crippen molar-refractivity contribution in [3.05, 3.63) is 81.3 Å². The first kappa shape index (κ1) is 40.8. The lowest BCUT2D eigenvalue weighted by Gasteiger charge is -2.38. The molecule has 57 heavy (non-hydrogen) atoms. The molecule has 0 bridgehead atoms. The fourth-order valence-corrected chi connectivity index (χ4v) is 7.86. The predicted octanol–water partition coefficient (Wildman–Crippen LogP) is 4.10. The maximum atomic E-state index is 13.1. The van der Waals surface area contributed by atoms with E-state index in [1.165, 1.54) is 69.8 Å². The highest BCUT2D eigenvalue weighted by atomic mass is 16.5. The summed E-state index contributed by atoms with van der Waals surface area (Å²) in [5.74, 6) is -0.560. The summed E-state index contributed by atoms with van der Waals surface area (Å²) in [5, 5.41) is 12.3. The Morgan fingerprint density at radius 1 is 0.965 bits per heavy atom. The minimum atomic E-state index is -0.716. The molecule has 7 rings (SSSR count). The molecule has 3 heterocycles. The third-order valence-corrected chi connectivity index (χ3v) is 11.3. The van der Waals surface area contributed by atoms with Gasteiger partial charge in [0.2, 0.25) is 11.8 Å². The van der Waals surface area contributed by atoms with Crippen molar-refractivity contribution in [3.8, 4) is 5.75 Å². The second-order valence-electron chi connectivity index (χ2n) is 15.2. The fourth-order valence-electron chi connectivity index (χ4n) is 7.86. The number of carbonyl (C=O) groups excluding carboxylic acids is 5. The number of imide groups is 1. The zero-order chi connectivity index (χ0) is 40.6. The summed E-state index contributed by atoms with van der Waals surface area (Å²) in [6.07, 6.45) is 12.7. The number of ether oxygens (including phenoxy) is 1. The van der Waals surface area contributed by atoms with Gasteiger partial charge in [-0.1, -0.05) is 19.3 Å². The number of nitrogen functional groups attached to an aromatic ring is 1. The number of amides is 4. The molecule has 15 nitrogen and oxygen atoms in total. The lowest BCUT2D eigenvalue weighted by molar-refractivity contribution is -0.136. The van der Waals surface area contributed by atoms with Crippen molar-refractivity contribution in [3.63, 3.8) is 0 Å². The van der Waals surface area contributed by atoms with Crippen molar-refractivity contribution in [1.82, 2.24) is 19.7 Å². The third-order valence-electron chi connectivity index (χ3n) is 11.3. The van der Waals surface area contributed by atoms with Crippen molar-refractivity contribution in [1.29, 1.82) is 5.41 Å². The number of rotatable bonds is 11. The molecule has 1 unspecified atom stereocenters. The van der Waals surface area contributed by atoms with E-state index in [1.807, 2.05) is 6.07 Å². The van der Waals surface area contributed by atoms with Crippen LogP contribution in [0.25, 0.3) is 0 Å². The fraction of sp³-hybridized carbons (Fsp3) is 0.452. The molecule has 0 spiro atoms. The van der Waals surface area contributed by atoms with E-state index in [-0.39, 0.29) is 52.9 Å². The van der Waals surface area contributed by atoms with Crippen LogP contribution in [-0.4, -0.2) is 103 Å². The van der Waals surface area contributed by atoms with E-state index in [1.54, 1.807) is 35.0 Å². The Morgan fingerprint density at radius 3 is 2.35 bits per heavy atom. The maximum absolute atomic E-state index is 13.1. The van der Waals surface area contributed by atoms with Gasteiger partial charge in [0.05, 0.1) is 18.2 Å². The van der Waals surface area contributed by atoms with E-state index in [0.29, 0.717) is 23.1 Å². The van der Waals surface area contributed by atoms with Crippen LogP contribution in [0.15, 0.2) is 53.5 Å². The summed E-state index contributed by atoms with van der Waals surface area (Å²) >= 11 is 0. The zero-order valence-corrected chi connectivity index (χ0v) is 32.6. The van der Waals surface area contributed by atoms with Crippen molar-refractivity contribution in [2.45, 2.75) is 69.9 Å². The smallest absolute Gasteiger partial charge is 0.274 e. The minimum absolute atomic E-state index is 0.195. The normalized spacial score (nSPS) is 18.8. The van der Waals surface area contributed by atoms with Gasteiger partial charge in [0.1, 0.15) is 17.5 Å². The Kier molecular flexibility index (Phi) is 13.2. The number of hydrogen-bond donors (Lipinski definition) is 4. The molecule has 5 N–H and O–H groups in total. The maximum Gasteiger partial charge on any atom is 0.274 e. The van der Waals surface area contributed by atoms with Crippen LogP contribution in [-0.2, 0) is 9.59 Å². The van der Waals surface area contributed by atoms with Crippen LogP contribution in [0.1, 0.15) is 100 Å². The van der Waals surface area contributed by atoms with Gasteiger partial charge in [-0.15, -0.1) is 0 Å². The number of piperidine rings is 1. The van der Waals surface area contributed by atoms with Gasteiger partial charge >= 0.3 is 0 Å². The van der Waals surface area contributed by atoms with Crippen molar-refractivity contribution < 1.29 is 28.7 Å². The van der Waals surface area contributed by atoms with Crippen LogP contribution >= 0.6 is 0 Å². The Balaban J connectivity index is 0.000000203. The summed E-state index contributed by atoms with van der Waals surface area (Å²) in [5.41, 5.74) is 8.28. The molecular formula is C42H52N8O7. The molecule has 4 fully saturated rings. The van der Waals surface area contributed by atoms with Gasteiger partial charge in [-0.3, -0.25) is 39.0 Å². The number of nitrogens with two attached hydrogens (primary N) is 1. The molecule has 3 aromatic rings. The SMILES string of the molecule is CN(C(=O)c1ccc(N2CCN(CC3CCCCC3)CC2)cc1C=O)C1CCC(=O)NC1=O.COc1cc(N)c(C=N)cc1C(=O)Nc1cccn(C2CC2)c1=O. The van der Waals surface area contributed by atoms with E-state index >= 15 is 0 Å². The molecule has 2 saturated carbocycles. The zero-order valence-electron chi connectivity index (χ0n) is 32.6. The summed E-state index contributed by atoms with van der Waals surface area (Å²) < 4.78 is 6.83. The van der Waals surface area contributed by atoms with Crippen LogP contribution in [0.3, 0.4) is 0 Å². The van der Waals surface area contributed by atoms with Gasteiger partial charge in [-0.25, -0.2) is 0 Å². The number of aldehydes is 1. The number of nitrogens with one attached hydrogen (secondary N) is 3. The predicted molar refractivity (Wildman–Crippen MR) is 218 cm³/mol. The summed E-state index contributed by atoms with van der Waals surface area (Å²) in [4.78, 5) is 79.5. The second kappa shape index (κ2) is 18.4. The number of benzene rings is 2. The van der Waals surface area contributed by atoms with Crippen molar-refractivity contribution in [2.75, 3.05) is 62.8 Å². The first-order valence-corrected chi connectivity index (χ1v) is 19.7. The molecule has 15 heteroatoms. The molecule has 1 aromatic heterocycles. The van der Waals surface area contributed by atoms with Crippen LogP contribution in [0.5, 0.6) is 5.75 Å². The van der Waals surface area contributed by atoms with Gasteiger partial charge in [-0.2, -0.15) is 0 Å². The Labute approximate surface area is 332 Å². The number of pyridine rings is 1. The minimum Gasteiger partial charge on any atom is -0.496 e. The topological polar surface area (TPSA) is 200 Å². The third kappa shape index (κ3) is 9.77. The molecule has 1 atom stereocenters. The van der Waals surface area contributed by atoms with E-state index in [0.717, 1.165) is 56.8 Å². The van der Waals surface area contributed by atoms with Crippen LogP contribution in [0.2, 0.25) is 0 Å². The standard InChI is InChI=1S/C25H34N4O4.C17H18N4O3/c1-27(22-9-10-23(31)26-24(22)32)25(33)21-8-7-20(15-19(21)17-30)29-13-11-28(12-14-29)16-18-5-3-2-4-6-18;1-24-15-8-13(19)10(9-18)7-12(15)16(22)20-14-3-2-6-21(17(14)23)11-4-5-11/h7-8,15,17-18,22H,2-6,9-14,16H2,1H3,(H,26,31,32);2-3,6-9,11,18H,4-5,19H2,1H3,(H,20,22). The number of nitrogens with zero attached hydrogens (tertiary/aromatic N) is 4. The number of likely N-dealkylation sites (N-methyl/N-ethyl adjacent to an activating group) is 1. The summed E-state index contributed by atoms with van der Waals surface area (Å²) in [7, 11) is 2.97. The van der Waals surface area contributed by atoms with Gasteiger partial charge in [-0.05, 0) is 74.4 Å². The van der Waals surface area contributed by atoms with Gasteiger partial charge < -0.3 is 35.6 Å². The highest BCUT2D eigenvalue weighted by molar-refractivity contribution is 6.08. The summed E-state index contributed by atoms with van der Waals surface area (Å²) in [6.45, 7) is 4.99. The quantitative estimate of drug-likeness (QED) is 0.0951. The number of piperazine rings is 1. The average Bonchev–Trinajstić information content (AvgIpc) is 4.07. The molecule has 2 aliphatic heterocycles. The van der Waals surface area contributed by atoms with Gasteiger partial charge in [0.15, 0.2) is 6.29 Å². The largest absolute Gasteiger partial charge is 0.496 e. The highest BCUT2D eigenvalue weighted by Crippen LogP contribution is 2.33. The number of carbonyl (C=O) groups is 5. The Hall–Kier alpha value is -5.83. The number of methoxy groups -OCH3 is 1. The first-order chi connectivity index (χ1) is 27.5. The molecular weight excluding hydrogens is 729 g/mol. The van der Waals surface area contributed by atoms with E-state index in [2.05, 4.69) is 20.4 Å². The van der Waals surface area contributed by atoms with Gasteiger partial charge in [0.25, 0.3) is 17.4 Å². The Morgan fingerprint density at radius 2 is 1.70 bits per heavy atom. The van der Waals surface area contributed by atoms with Crippen LogP contribution < -0.4 is 31.6 Å². The van der Waals surface area contributed by atoms with E-state index in [9.17, 15) is 28.8 Å². The van der Waals surface area contributed by atoms with E-state index < -0.39 is 23.8 Å². The molecule has 0 radical (unpaired) electrons. The molecule has 4 aliphatic rings. The van der Waals surface area contributed by atoms with Crippen molar-refractivity contribution in [2.24, 2.45) is 5.92 Å². The number of hydrogen-bond acceptors (Lipinski definition) is 11. The van der Waals surface area contributed by atoms with Crippen LogP contribution in [0, 0.1) is 11.3 Å². The van der Waals surface area contributed by atoms with Crippen LogP contribution in [0.4, 0.5) is 17.1 Å². The second-order valence-corrected chi connectivity index (χ2v) is 15.2. The lowest BCUT2D eigenvalue weighted by atomic mass is 9.89. The highest BCUT2D eigenvalue weighted by Gasteiger charge is 2.33. The van der Waals surface area contributed by atoms with Crippen molar-refractivity contribution >= 4 is 53.2 Å². The Bertz CT molecular complexity index is 2060. The molecule has 2 aromatic carbocycles. The molecule has 4 amide bonds. The summed E-state index contributed by atoms with van der Waals surface area (Å²) in [6, 6.07) is 11.1. The molecule has 302 valence electrons. The number of anilines is 3.